The first-order valence-electron chi connectivity index (χ1n) is 8.95. The molecular weight excluding hydrogens is 336 g/mol. The van der Waals surface area contributed by atoms with Crippen LogP contribution in [0.15, 0.2) is 96.1 Å². The van der Waals surface area contributed by atoms with E-state index in [1.807, 2.05) is 91.0 Å². The van der Waals surface area contributed by atoms with Gasteiger partial charge in [0.15, 0.2) is 6.10 Å². The standard InChI is InChI=1S/C23H20N2O2/c26-23-22(27-17-19-12-6-2-7-13-19)21(20-14-8-3-9-15-20)25(23)24-16-18-10-4-1-5-11-18/h1-16,21-22H,17H2/b24-16-/t21-,22+/m1/s1. The number of β-lactam (4-membered cyclic amide) rings is 1. The summed E-state index contributed by atoms with van der Waals surface area (Å²) in [6, 6.07) is 29.3. The lowest BCUT2D eigenvalue weighted by Gasteiger charge is -2.43. The van der Waals surface area contributed by atoms with Crippen LogP contribution in [0.3, 0.4) is 0 Å². The highest BCUT2D eigenvalue weighted by Gasteiger charge is 2.49. The van der Waals surface area contributed by atoms with Crippen LogP contribution in [-0.4, -0.2) is 23.2 Å². The Morgan fingerprint density at radius 3 is 2.11 bits per heavy atom. The van der Waals surface area contributed by atoms with E-state index in [0.29, 0.717) is 6.61 Å². The van der Waals surface area contributed by atoms with Crippen molar-refractivity contribution in [2.75, 3.05) is 0 Å². The highest BCUT2D eigenvalue weighted by molar-refractivity contribution is 5.90. The average molecular weight is 356 g/mol. The molecule has 134 valence electrons. The number of carbonyl (C=O) groups is 1. The maximum absolute atomic E-state index is 12.7. The minimum atomic E-state index is -0.527. The monoisotopic (exact) mass is 356 g/mol. The second-order valence-corrected chi connectivity index (χ2v) is 6.41. The van der Waals surface area contributed by atoms with Crippen LogP contribution >= 0.6 is 0 Å². The van der Waals surface area contributed by atoms with Crippen molar-refractivity contribution in [2.45, 2.75) is 18.8 Å². The van der Waals surface area contributed by atoms with E-state index < -0.39 is 6.10 Å². The van der Waals surface area contributed by atoms with Crippen molar-refractivity contribution in [3.8, 4) is 0 Å². The lowest BCUT2D eigenvalue weighted by Crippen LogP contribution is -2.57. The topological polar surface area (TPSA) is 41.9 Å². The van der Waals surface area contributed by atoms with Gasteiger partial charge in [0.1, 0.15) is 6.04 Å². The highest BCUT2D eigenvalue weighted by atomic mass is 16.5. The van der Waals surface area contributed by atoms with Crippen molar-refractivity contribution in [3.63, 3.8) is 0 Å². The number of nitrogens with zero attached hydrogens (tertiary/aromatic N) is 2. The van der Waals surface area contributed by atoms with Crippen LogP contribution in [0.25, 0.3) is 0 Å². The molecule has 1 amide bonds. The lowest BCUT2D eigenvalue weighted by atomic mass is 9.92. The molecule has 3 aromatic carbocycles. The third-order valence-corrected chi connectivity index (χ3v) is 4.56. The number of hydrazone groups is 1. The van der Waals surface area contributed by atoms with Gasteiger partial charge in [0.05, 0.1) is 12.8 Å². The maximum atomic E-state index is 12.7. The molecule has 0 bridgehead atoms. The first kappa shape index (κ1) is 17.2. The molecule has 3 aromatic rings. The van der Waals surface area contributed by atoms with E-state index in [1.165, 1.54) is 5.01 Å². The smallest absolute Gasteiger partial charge is 0.275 e. The van der Waals surface area contributed by atoms with Gasteiger partial charge in [-0.3, -0.25) is 4.79 Å². The van der Waals surface area contributed by atoms with Gasteiger partial charge < -0.3 is 4.74 Å². The average Bonchev–Trinajstić information content (AvgIpc) is 2.74. The van der Waals surface area contributed by atoms with Crippen molar-refractivity contribution < 1.29 is 9.53 Å². The van der Waals surface area contributed by atoms with Crippen LogP contribution in [0.5, 0.6) is 0 Å². The Balaban J connectivity index is 1.53. The van der Waals surface area contributed by atoms with Crippen LogP contribution in [-0.2, 0) is 16.1 Å². The fourth-order valence-electron chi connectivity index (χ4n) is 3.13. The summed E-state index contributed by atoms with van der Waals surface area (Å²) in [7, 11) is 0. The molecule has 1 heterocycles. The quantitative estimate of drug-likeness (QED) is 0.491. The van der Waals surface area contributed by atoms with E-state index >= 15 is 0 Å². The van der Waals surface area contributed by atoms with Gasteiger partial charge in [-0.15, -0.1) is 0 Å². The summed E-state index contributed by atoms with van der Waals surface area (Å²) < 4.78 is 5.96. The van der Waals surface area contributed by atoms with Crippen LogP contribution in [0.1, 0.15) is 22.7 Å². The zero-order valence-corrected chi connectivity index (χ0v) is 14.8. The molecule has 1 saturated heterocycles. The Morgan fingerprint density at radius 2 is 1.44 bits per heavy atom. The molecule has 0 N–H and O–H groups in total. The van der Waals surface area contributed by atoms with Gasteiger partial charge in [0.2, 0.25) is 0 Å². The molecule has 0 aliphatic carbocycles. The molecule has 0 radical (unpaired) electrons. The van der Waals surface area contributed by atoms with Crippen molar-refractivity contribution in [1.29, 1.82) is 0 Å². The maximum Gasteiger partial charge on any atom is 0.275 e. The Bertz CT molecular complexity index is 911. The summed E-state index contributed by atoms with van der Waals surface area (Å²) in [6.07, 6.45) is 1.18. The van der Waals surface area contributed by atoms with Gasteiger partial charge in [-0.25, -0.2) is 5.01 Å². The van der Waals surface area contributed by atoms with Crippen LogP contribution < -0.4 is 0 Å². The third-order valence-electron chi connectivity index (χ3n) is 4.56. The van der Waals surface area contributed by atoms with Gasteiger partial charge in [-0.1, -0.05) is 91.0 Å². The summed E-state index contributed by atoms with van der Waals surface area (Å²) in [5.74, 6) is -0.119. The number of ether oxygens (including phenoxy) is 1. The van der Waals surface area contributed by atoms with Crippen LogP contribution in [0.2, 0.25) is 0 Å². The zero-order chi connectivity index (χ0) is 18.5. The largest absolute Gasteiger partial charge is 0.361 e. The van der Waals surface area contributed by atoms with E-state index in [0.717, 1.165) is 16.7 Å². The molecule has 27 heavy (non-hydrogen) atoms. The predicted octanol–water partition coefficient (Wildman–Crippen LogP) is 4.19. The SMILES string of the molecule is O=C1[C@@H](OCc2ccccc2)[C@@H](c2ccccc2)N1/N=C\c1ccccc1. The number of amides is 1. The molecule has 2 atom stereocenters. The molecule has 0 spiro atoms. The minimum Gasteiger partial charge on any atom is -0.361 e. The van der Waals surface area contributed by atoms with E-state index in [4.69, 9.17) is 4.74 Å². The van der Waals surface area contributed by atoms with Gasteiger partial charge in [0, 0.05) is 0 Å². The Hall–Kier alpha value is -3.24. The number of carbonyl (C=O) groups excluding carboxylic acids is 1. The summed E-state index contributed by atoms with van der Waals surface area (Å²) >= 11 is 0. The van der Waals surface area contributed by atoms with Crippen molar-refractivity contribution in [2.24, 2.45) is 5.10 Å². The minimum absolute atomic E-state index is 0.119. The number of rotatable bonds is 6. The van der Waals surface area contributed by atoms with Gasteiger partial charge >= 0.3 is 0 Å². The normalized spacial score (nSPS) is 19.3. The molecular formula is C23H20N2O2. The molecule has 0 aromatic heterocycles. The predicted molar refractivity (Wildman–Crippen MR) is 105 cm³/mol. The van der Waals surface area contributed by atoms with E-state index in [-0.39, 0.29) is 11.9 Å². The van der Waals surface area contributed by atoms with Gasteiger partial charge in [0.25, 0.3) is 5.91 Å². The number of hydrogen-bond donors (Lipinski definition) is 0. The Morgan fingerprint density at radius 1 is 0.852 bits per heavy atom. The summed E-state index contributed by atoms with van der Waals surface area (Å²) in [5.41, 5.74) is 3.01. The third kappa shape index (κ3) is 3.81. The first-order valence-corrected chi connectivity index (χ1v) is 8.95. The highest BCUT2D eigenvalue weighted by Crippen LogP contribution is 2.37. The number of benzene rings is 3. The number of hydrogen-bond acceptors (Lipinski definition) is 3. The fraction of sp³-hybridized carbons (Fsp3) is 0.130. The van der Waals surface area contributed by atoms with Crippen LogP contribution in [0, 0.1) is 0 Å². The van der Waals surface area contributed by atoms with Gasteiger partial charge in [-0.2, -0.15) is 5.10 Å². The zero-order valence-electron chi connectivity index (χ0n) is 14.8. The molecule has 1 aliphatic heterocycles. The Labute approximate surface area is 158 Å². The molecule has 0 saturated carbocycles. The van der Waals surface area contributed by atoms with Gasteiger partial charge in [-0.05, 0) is 16.7 Å². The van der Waals surface area contributed by atoms with Crippen molar-refractivity contribution in [1.82, 2.24) is 5.01 Å². The molecule has 0 unspecified atom stereocenters. The summed E-state index contributed by atoms with van der Waals surface area (Å²) in [4.78, 5) is 12.7. The second-order valence-electron chi connectivity index (χ2n) is 6.41. The first-order chi connectivity index (χ1) is 13.3. The van der Waals surface area contributed by atoms with Crippen LogP contribution in [0.4, 0.5) is 0 Å². The molecule has 4 rings (SSSR count). The summed E-state index contributed by atoms with van der Waals surface area (Å²) in [5, 5.41) is 5.93. The molecule has 1 aliphatic rings. The Kier molecular flexibility index (Phi) is 5.08. The molecule has 1 fully saturated rings. The van der Waals surface area contributed by atoms with E-state index in [1.54, 1.807) is 6.21 Å². The lowest BCUT2D eigenvalue weighted by molar-refractivity contribution is -0.176. The molecule has 4 nitrogen and oxygen atoms in total. The second kappa shape index (κ2) is 7.98. The molecule has 4 heteroatoms. The van der Waals surface area contributed by atoms with Crippen molar-refractivity contribution in [3.05, 3.63) is 108 Å². The van der Waals surface area contributed by atoms with E-state index in [9.17, 15) is 4.79 Å². The summed E-state index contributed by atoms with van der Waals surface area (Å²) in [6.45, 7) is 0.400. The fourth-order valence-corrected chi connectivity index (χ4v) is 3.13. The van der Waals surface area contributed by atoms with E-state index in [2.05, 4.69) is 5.10 Å². The van der Waals surface area contributed by atoms with Crippen molar-refractivity contribution >= 4 is 12.1 Å².